The first-order chi connectivity index (χ1) is 17.7. The van der Waals surface area contributed by atoms with Gasteiger partial charge in [0.2, 0.25) is 11.8 Å². The van der Waals surface area contributed by atoms with Crippen LogP contribution in [0, 0.1) is 0 Å². The first kappa shape index (κ1) is 24.2. The van der Waals surface area contributed by atoms with Crippen LogP contribution in [-0.4, -0.2) is 39.7 Å². The smallest absolute Gasteiger partial charge is 0.319 e. The minimum atomic E-state index is -0.681. The number of anilines is 1. The van der Waals surface area contributed by atoms with Crippen molar-refractivity contribution in [3.05, 3.63) is 83.6 Å². The van der Waals surface area contributed by atoms with E-state index in [1.54, 1.807) is 24.4 Å². The second-order valence-electron chi connectivity index (χ2n) is 9.77. The largest absolute Gasteiger partial charge is 0.329 e. The molecule has 188 valence electrons. The van der Waals surface area contributed by atoms with Crippen LogP contribution in [0.25, 0.3) is 11.3 Å². The monoisotopic (exact) mass is 497 g/mol. The zero-order chi connectivity index (χ0) is 26.2. The van der Waals surface area contributed by atoms with Crippen LogP contribution in [0.4, 0.5) is 10.5 Å². The maximum absolute atomic E-state index is 12.9. The van der Waals surface area contributed by atoms with Crippen LogP contribution in [0.15, 0.2) is 66.9 Å². The van der Waals surface area contributed by atoms with Gasteiger partial charge in [-0.05, 0) is 67.8 Å². The first-order valence-corrected chi connectivity index (χ1v) is 12.1. The number of nitrogens with one attached hydrogen (secondary N) is 3. The van der Waals surface area contributed by atoms with Crippen LogP contribution >= 0.6 is 0 Å². The highest BCUT2D eigenvalue weighted by atomic mass is 16.2. The summed E-state index contributed by atoms with van der Waals surface area (Å²) in [5.74, 6) is -1.03. The molecule has 0 spiro atoms. The van der Waals surface area contributed by atoms with E-state index >= 15 is 0 Å². The lowest BCUT2D eigenvalue weighted by atomic mass is 9.92. The molecule has 0 saturated carbocycles. The standard InChI is InChI=1S/C28H27N5O4/c1-28(2,19-7-5-6-17(14-19)22-8-3-4-13-29-22)32-27(37)30-20-9-10-21-18(15-20)16-33(26(21)36)23-11-12-24(34)31-25(23)35/h3-10,13-15,23H,11-12,16H2,1-2H3,(H2,30,32,37)(H,31,34,35). The number of nitrogens with zero attached hydrogens (tertiary/aromatic N) is 2. The van der Waals surface area contributed by atoms with Crippen LogP contribution in [0.1, 0.15) is 48.2 Å². The van der Waals surface area contributed by atoms with E-state index in [2.05, 4.69) is 20.9 Å². The minimum absolute atomic E-state index is 0.198. The number of aromatic nitrogens is 1. The number of fused-ring (bicyclic) bond motifs is 1. The third-order valence-corrected chi connectivity index (χ3v) is 6.75. The number of rotatable bonds is 5. The number of carbonyl (C=O) groups is 4. The van der Waals surface area contributed by atoms with E-state index in [0.29, 0.717) is 17.7 Å². The lowest BCUT2D eigenvalue weighted by Crippen LogP contribution is -2.52. The average molecular weight is 498 g/mol. The molecule has 1 aromatic heterocycles. The van der Waals surface area contributed by atoms with E-state index in [9.17, 15) is 19.2 Å². The molecule has 0 radical (unpaired) electrons. The van der Waals surface area contributed by atoms with Gasteiger partial charge in [-0.1, -0.05) is 24.3 Å². The molecule has 1 atom stereocenters. The molecule has 2 aromatic carbocycles. The summed E-state index contributed by atoms with van der Waals surface area (Å²) < 4.78 is 0. The van der Waals surface area contributed by atoms with Crippen molar-refractivity contribution in [2.75, 3.05) is 5.32 Å². The molecule has 9 nitrogen and oxygen atoms in total. The van der Waals surface area contributed by atoms with E-state index in [-0.39, 0.29) is 30.8 Å². The summed E-state index contributed by atoms with van der Waals surface area (Å²) in [5, 5.41) is 8.16. The molecule has 1 fully saturated rings. The van der Waals surface area contributed by atoms with Gasteiger partial charge >= 0.3 is 6.03 Å². The maximum atomic E-state index is 12.9. The van der Waals surface area contributed by atoms with Gasteiger partial charge in [-0.15, -0.1) is 0 Å². The highest BCUT2D eigenvalue weighted by molar-refractivity contribution is 6.05. The summed E-state index contributed by atoms with van der Waals surface area (Å²) in [6.07, 6.45) is 2.24. The van der Waals surface area contributed by atoms with Crippen LogP contribution < -0.4 is 16.0 Å². The molecule has 1 unspecified atom stereocenters. The number of hydrogen-bond donors (Lipinski definition) is 3. The van der Waals surface area contributed by atoms with Gasteiger partial charge in [0.05, 0.1) is 11.2 Å². The van der Waals surface area contributed by atoms with Crippen molar-refractivity contribution in [3.8, 4) is 11.3 Å². The normalized spacial score (nSPS) is 17.3. The summed E-state index contributed by atoms with van der Waals surface area (Å²) in [7, 11) is 0. The fourth-order valence-corrected chi connectivity index (χ4v) is 4.77. The molecule has 5 amide bonds. The zero-order valence-electron chi connectivity index (χ0n) is 20.6. The number of amides is 5. The third kappa shape index (κ3) is 4.93. The quantitative estimate of drug-likeness (QED) is 0.466. The molecular formula is C28H27N5O4. The number of hydrogen-bond acceptors (Lipinski definition) is 5. The van der Waals surface area contributed by atoms with E-state index in [0.717, 1.165) is 22.4 Å². The lowest BCUT2D eigenvalue weighted by Gasteiger charge is -2.29. The van der Waals surface area contributed by atoms with Gasteiger partial charge < -0.3 is 15.5 Å². The zero-order valence-corrected chi connectivity index (χ0v) is 20.6. The summed E-state index contributed by atoms with van der Waals surface area (Å²) in [6, 6.07) is 17.6. The Morgan fingerprint density at radius 1 is 1.05 bits per heavy atom. The second kappa shape index (κ2) is 9.50. The summed E-state index contributed by atoms with van der Waals surface area (Å²) >= 11 is 0. The molecule has 5 rings (SSSR count). The molecule has 0 aliphatic carbocycles. The fourth-order valence-electron chi connectivity index (χ4n) is 4.77. The van der Waals surface area contributed by atoms with Crippen molar-refractivity contribution in [2.24, 2.45) is 0 Å². The van der Waals surface area contributed by atoms with Crippen molar-refractivity contribution in [2.45, 2.75) is 44.8 Å². The number of pyridine rings is 1. The van der Waals surface area contributed by atoms with Gasteiger partial charge in [0.15, 0.2) is 0 Å². The Bertz CT molecular complexity index is 1400. The minimum Gasteiger partial charge on any atom is -0.329 e. The molecule has 0 bridgehead atoms. The van der Waals surface area contributed by atoms with Crippen LogP contribution in [0.3, 0.4) is 0 Å². The Hall–Kier alpha value is -4.53. The molecule has 3 heterocycles. The Labute approximate surface area is 214 Å². The molecule has 9 heteroatoms. The number of urea groups is 1. The molecule has 2 aliphatic rings. The maximum Gasteiger partial charge on any atom is 0.319 e. The summed E-state index contributed by atoms with van der Waals surface area (Å²) in [6.45, 7) is 4.08. The fraction of sp³-hybridized carbons (Fsp3) is 0.250. The molecular weight excluding hydrogens is 470 g/mol. The highest BCUT2D eigenvalue weighted by Crippen LogP contribution is 2.30. The van der Waals surface area contributed by atoms with Crippen molar-refractivity contribution in [1.29, 1.82) is 0 Å². The van der Waals surface area contributed by atoms with E-state index in [4.69, 9.17) is 0 Å². The highest BCUT2D eigenvalue weighted by Gasteiger charge is 2.39. The van der Waals surface area contributed by atoms with Gasteiger partial charge in [-0.3, -0.25) is 24.7 Å². The Balaban J connectivity index is 1.26. The number of piperidine rings is 1. The predicted molar refractivity (Wildman–Crippen MR) is 137 cm³/mol. The first-order valence-electron chi connectivity index (χ1n) is 12.1. The molecule has 3 aromatic rings. The number of imide groups is 1. The van der Waals surface area contributed by atoms with Gasteiger partial charge in [0.1, 0.15) is 6.04 Å². The predicted octanol–water partition coefficient (Wildman–Crippen LogP) is 3.57. The Morgan fingerprint density at radius 2 is 1.89 bits per heavy atom. The Morgan fingerprint density at radius 3 is 2.65 bits per heavy atom. The molecule has 1 saturated heterocycles. The summed E-state index contributed by atoms with van der Waals surface area (Å²) in [4.78, 5) is 55.4. The molecule has 2 aliphatic heterocycles. The van der Waals surface area contributed by atoms with E-state index < -0.39 is 17.5 Å². The summed E-state index contributed by atoms with van der Waals surface area (Å²) in [5.41, 5.74) is 3.79. The van der Waals surface area contributed by atoms with Gasteiger partial charge in [-0.2, -0.15) is 0 Å². The number of carbonyl (C=O) groups excluding carboxylic acids is 4. The van der Waals surface area contributed by atoms with Crippen LogP contribution in [0.5, 0.6) is 0 Å². The van der Waals surface area contributed by atoms with Crippen molar-refractivity contribution < 1.29 is 19.2 Å². The lowest BCUT2D eigenvalue weighted by molar-refractivity contribution is -0.136. The van der Waals surface area contributed by atoms with Crippen molar-refractivity contribution >= 4 is 29.4 Å². The van der Waals surface area contributed by atoms with E-state index in [1.807, 2.05) is 56.3 Å². The molecule has 3 N–H and O–H groups in total. The third-order valence-electron chi connectivity index (χ3n) is 6.75. The van der Waals surface area contributed by atoms with Gasteiger partial charge in [-0.25, -0.2) is 4.79 Å². The second-order valence-corrected chi connectivity index (χ2v) is 9.77. The van der Waals surface area contributed by atoms with Crippen molar-refractivity contribution in [1.82, 2.24) is 20.5 Å². The average Bonchev–Trinajstić information content (AvgIpc) is 3.19. The van der Waals surface area contributed by atoms with Gasteiger partial charge in [0.25, 0.3) is 5.91 Å². The van der Waals surface area contributed by atoms with Gasteiger partial charge in [0, 0.05) is 36.0 Å². The number of benzene rings is 2. The Kier molecular flexibility index (Phi) is 6.20. The SMILES string of the molecule is CC(C)(NC(=O)Nc1ccc2c(c1)CN(C1CCC(=O)NC1=O)C2=O)c1cccc(-c2ccccn2)c1. The van der Waals surface area contributed by atoms with Crippen LogP contribution in [0.2, 0.25) is 0 Å². The topological polar surface area (TPSA) is 120 Å². The van der Waals surface area contributed by atoms with Crippen LogP contribution in [-0.2, 0) is 21.7 Å². The molecule has 37 heavy (non-hydrogen) atoms. The van der Waals surface area contributed by atoms with E-state index in [1.165, 1.54) is 4.90 Å². The van der Waals surface area contributed by atoms with Crippen molar-refractivity contribution in [3.63, 3.8) is 0 Å².